The van der Waals surface area contributed by atoms with Gasteiger partial charge < -0.3 is 5.32 Å². The normalized spacial score (nSPS) is 12.1. The molecule has 1 N–H and O–H groups in total. The summed E-state index contributed by atoms with van der Waals surface area (Å²) >= 11 is 0. The molecule has 1 amide bonds. The maximum Gasteiger partial charge on any atom is 0.417 e. The van der Waals surface area contributed by atoms with Crippen LogP contribution in [0, 0.1) is 6.92 Å². The number of halogens is 6. The second-order valence-corrected chi connectivity index (χ2v) is 4.70. The maximum atomic E-state index is 13.0. The molecule has 24 heavy (non-hydrogen) atoms. The molecule has 0 radical (unpaired) electrons. The van der Waals surface area contributed by atoms with E-state index in [0.29, 0.717) is 0 Å². The first-order valence-corrected chi connectivity index (χ1v) is 6.37. The van der Waals surface area contributed by atoms with E-state index in [-0.39, 0.29) is 29.7 Å². The van der Waals surface area contributed by atoms with Gasteiger partial charge in [-0.2, -0.15) is 26.3 Å². The summed E-state index contributed by atoms with van der Waals surface area (Å²) in [5.41, 5.74) is -3.79. The molecule has 0 fully saturated rings. The summed E-state index contributed by atoms with van der Waals surface area (Å²) in [6.07, 6.45) is -7.41. The molecule has 1 aromatic heterocycles. The summed E-state index contributed by atoms with van der Waals surface area (Å²) in [5.74, 6) is -1.51. The Labute approximate surface area is 131 Å². The Hall–Kier alpha value is -2.65. The molecule has 128 valence electrons. The van der Waals surface area contributed by atoms with Gasteiger partial charge in [-0.1, -0.05) is 0 Å². The van der Waals surface area contributed by atoms with Gasteiger partial charge in [0.1, 0.15) is 0 Å². The van der Waals surface area contributed by atoms with Crippen molar-refractivity contribution in [1.29, 1.82) is 0 Å². The fourth-order valence-electron chi connectivity index (χ4n) is 1.86. The van der Waals surface area contributed by atoms with Gasteiger partial charge >= 0.3 is 12.4 Å². The lowest BCUT2D eigenvalue weighted by Gasteiger charge is -2.15. The van der Waals surface area contributed by atoms with Crippen molar-refractivity contribution >= 4 is 11.7 Å². The summed E-state index contributed by atoms with van der Waals surface area (Å²) in [5, 5.41) is 2.04. The number of hydrogen-bond acceptors (Lipinski definition) is 3. The minimum absolute atomic E-state index is 0.145. The maximum absolute atomic E-state index is 13.0. The third-order valence-corrected chi connectivity index (χ3v) is 3.01. The molecule has 2 aromatic rings. The van der Waals surface area contributed by atoms with Crippen molar-refractivity contribution in [3.05, 3.63) is 53.0 Å². The molecule has 0 bridgehead atoms. The SMILES string of the molecule is Cc1nccnc1NC(=O)c1cc(C(F)(F)F)ccc1C(F)(F)F. The van der Waals surface area contributed by atoms with E-state index in [1.807, 2.05) is 5.32 Å². The van der Waals surface area contributed by atoms with E-state index in [0.717, 1.165) is 0 Å². The van der Waals surface area contributed by atoms with E-state index < -0.39 is 35.0 Å². The lowest BCUT2D eigenvalue weighted by molar-refractivity contribution is -0.141. The quantitative estimate of drug-likeness (QED) is 0.832. The third kappa shape index (κ3) is 3.81. The molecule has 10 heteroatoms. The fourth-order valence-corrected chi connectivity index (χ4v) is 1.86. The van der Waals surface area contributed by atoms with Gasteiger partial charge in [-0.15, -0.1) is 0 Å². The lowest BCUT2D eigenvalue weighted by Crippen LogP contribution is -2.21. The van der Waals surface area contributed by atoms with Gasteiger partial charge in [-0.3, -0.25) is 9.78 Å². The van der Waals surface area contributed by atoms with Crippen LogP contribution in [-0.4, -0.2) is 15.9 Å². The molecule has 0 spiro atoms. The van der Waals surface area contributed by atoms with Crippen LogP contribution in [0.1, 0.15) is 27.2 Å². The highest BCUT2D eigenvalue weighted by atomic mass is 19.4. The summed E-state index contributed by atoms with van der Waals surface area (Å²) in [6, 6.07) is 0.651. The van der Waals surface area contributed by atoms with Crippen molar-refractivity contribution in [2.75, 3.05) is 5.32 Å². The second kappa shape index (κ2) is 6.10. The Bertz CT molecular complexity index is 770. The molecule has 0 aliphatic heterocycles. The predicted molar refractivity (Wildman–Crippen MR) is 71.2 cm³/mol. The van der Waals surface area contributed by atoms with Crippen molar-refractivity contribution in [1.82, 2.24) is 9.97 Å². The van der Waals surface area contributed by atoms with Crippen molar-refractivity contribution in [3.8, 4) is 0 Å². The van der Waals surface area contributed by atoms with Crippen LogP contribution in [0.5, 0.6) is 0 Å². The van der Waals surface area contributed by atoms with Gasteiger partial charge in [0.25, 0.3) is 5.91 Å². The van der Waals surface area contributed by atoms with Crippen LogP contribution in [-0.2, 0) is 12.4 Å². The van der Waals surface area contributed by atoms with Gasteiger partial charge in [0.2, 0.25) is 0 Å². The van der Waals surface area contributed by atoms with Crippen LogP contribution in [0.2, 0.25) is 0 Å². The summed E-state index contributed by atoms with van der Waals surface area (Å²) < 4.78 is 77.0. The van der Waals surface area contributed by atoms with E-state index in [1.54, 1.807) is 0 Å². The monoisotopic (exact) mass is 349 g/mol. The molecule has 0 unspecified atom stereocenters. The smallest absolute Gasteiger partial charge is 0.305 e. The van der Waals surface area contributed by atoms with Crippen molar-refractivity contribution in [3.63, 3.8) is 0 Å². The van der Waals surface area contributed by atoms with Gasteiger partial charge in [-0.25, -0.2) is 4.98 Å². The van der Waals surface area contributed by atoms with Crippen LogP contribution in [0.25, 0.3) is 0 Å². The first kappa shape index (κ1) is 17.7. The zero-order chi connectivity index (χ0) is 18.1. The van der Waals surface area contributed by atoms with Crippen LogP contribution in [0.4, 0.5) is 32.2 Å². The zero-order valence-corrected chi connectivity index (χ0v) is 12.0. The highest BCUT2D eigenvalue weighted by Crippen LogP contribution is 2.36. The van der Waals surface area contributed by atoms with Gasteiger partial charge in [0.05, 0.1) is 22.4 Å². The molecular formula is C14H9F6N3O. The summed E-state index contributed by atoms with van der Waals surface area (Å²) in [6.45, 7) is 1.43. The summed E-state index contributed by atoms with van der Waals surface area (Å²) in [4.78, 5) is 19.6. The zero-order valence-electron chi connectivity index (χ0n) is 12.0. The number of carbonyl (C=O) groups excluding carboxylic acids is 1. The average Bonchev–Trinajstić information content (AvgIpc) is 2.47. The molecule has 0 aliphatic carbocycles. The first-order chi connectivity index (χ1) is 11.0. The minimum atomic E-state index is -4.99. The van der Waals surface area contributed by atoms with Crippen molar-refractivity contribution in [2.45, 2.75) is 19.3 Å². The van der Waals surface area contributed by atoms with Gasteiger partial charge in [0.15, 0.2) is 5.82 Å². The van der Waals surface area contributed by atoms with E-state index in [2.05, 4.69) is 9.97 Å². The predicted octanol–water partition coefficient (Wildman–Crippen LogP) is 4.07. The molecule has 0 saturated heterocycles. The Balaban J connectivity index is 2.49. The van der Waals surface area contributed by atoms with E-state index in [9.17, 15) is 31.1 Å². The molecule has 1 aromatic carbocycles. The molecule has 0 saturated carbocycles. The number of nitrogens with one attached hydrogen (secondary N) is 1. The second-order valence-electron chi connectivity index (χ2n) is 4.70. The molecule has 4 nitrogen and oxygen atoms in total. The van der Waals surface area contributed by atoms with Crippen LogP contribution < -0.4 is 5.32 Å². The minimum Gasteiger partial charge on any atom is -0.305 e. The highest BCUT2D eigenvalue weighted by molar-refractivity contribution is 6.05. The lowest BCUT2D eigenvalue weighted by atomic mass is 10.0. The molecule has 0 atom stereocenters. The number of rotatable bonds is 2. The summed E-state index contributed by atoms with van der Waals surface area (Å²) in [7, 11) is 0. The van der Waals surface area contributed by atoms with Crippen LogP contribution >= 0.6 is 0 Å². The number of amides is 1. The topological polar surface area (TPSA) is 54.9 Å². The van der Waals surface area contributed by atoms with E-state index in [1.165, 1.54) is 19.3 Å². The number of aryl methyl sites for hydroxylation is 1. The Morgan fingerprint density at radius 2 is 1.62 bits per heavy atom. The molecule has 1 heterocycles. The highest BCUT2D eigenvalue weighted by Gasteiger charge is 2.38. The van der Waals surface area contributed by atoms with Crippen molar-refractivity contribution in [2.24, 2.45) is 0 Å². The number of benzene rings is 1. The Kier molecular flexibility index (Phi) is 4.50. The Morgan fingerprint density at radius 1 is 1.00 bits per heavy atom. The first-order valence-electron chi connectivity index (χ1n) is 6.37. The van der Waals surface area contributed by atoms with Crippen molar-refractivity contribution < 1.29 is 31.1 Å². The standard InChI is InChI=1S/C14H9F6N3O/c1-7-11(22-5-4-21-7)23-12(24)9-6-8(13(15,16)17)2-3-10(9)14(18,19)20/h2-6H,1H3,(H,22,23,24). The number of alkyl halides is 6. The van der Waals surface area contributed by atoms with Crippen LogP contribution in [0.15, 0.2) is 30.6 Å². The fraction of sp³-hybridized carbons (Fsp3) is 0.214. The van der Waals surface area contributed by atoms with Gasteiger partial charge in [0, 0.05) is 12.4 Å². The van der Waals surface area contributed by atoms with Gasteiger partial charge in [-0.05, 0) is 25.1 Å². The molecule has 2 rings (SSSR count). The van der Waals surface area contributed by atoms with E-state index in [4.69, 9.17) is 0 Å². The number of nitrogens with zero attached hydrogens (tertiary/aromatic N) is 2. The molecular weight excluding hydrogens is 340 g/mol. The van der Waals surface area contributed by atoms with E-state index >= 15 is 0 Å². The largest absolute Gasteiger partial charge is 0.417 e. The average molecular weight is 349 g/mol. The molecule has 0 aliphatic rings. The number of hydrogen-bond donors (Lipinski definition) is 1. The number of aromatic nitrogens is 2. The van der Waals surface area contributed by atoms with Crippen LogP contribution in [0.3, 0.4) is 0 Å². The Morgan fingerprint density at radius 3 is 2.17 bits per heavy atom. The number of anilines is 1. The third-order valence-electron chi connectivity index (χ3n) is 3.01. The number of carbonyl (C=O) groups is 1.